The van der Waals surface area contributed by atoms with Gasteiger partial charge in [-0.2, -0.15) is 4.31 Å². The van der Waals surface area contributed by atoms with Crippen LogP contribution in [0.3, 0.4) is 0 Å². The van der Waals surface area contributed by atoms with Gasteiger partial charge >= 0.3 is 0 Å². The van der Waals surface area contributed by atoms with Crippen molar-refractivity contribution in [3.05, 3.63) is 24.0 Å². The first-order valence-corrected chi connectivity index (χ1v) is 6.42. The zero-order valence-corrected chi connectivity index (χ0v) is 10.1. The SMILES string of the molecule is CCN(CC)S(=O)(=O)c1cc(N)cc(F)c1. The van der Waals surface area contributed by atoms with Gasteiger partial charge in [0.1, 0.15) is 5.82 Å². The highest BCUT2D eigenvalue weighted by Gasteiger charge is 2.22. The lowest BCUT2D eigenvalue weighted by Crippen LogP contribution is -2.30. The lowest BCUT2D eigenvalue weighted by atomic mass is 10.3. The summed E-state index contributed by atoms with van der Waals surface area (Å²) in [6, 6.07) is 3.32. The van der Waals surface area contributed by atoms with E-state index < -0.39 is 15.8 Å². The molecule has 16 heavy (non-hydrogen) atoms. The Balaban J connectivity index is 3.26. The largest absolute Gasteiger partial charge is 0.399 e. The summed E-state index contributed by atoms with van der Waals surface area (Å²) in [5, 5.41) is 0. The van der Waals surface area contributed by atoms with Gasteiger partial charge in [0.2, 0.25) is 10.0 Å². The van der Waals surface area contributed by atoms with Crippen LogP contribution in [-0.2, 0) is 10.0 Å². The minimum atomic E-state index is -3.63. The van der Waals surface area contributed by atoms with Crippen molar-refractivity contribution in [1.29, 1.82) is 0 Å². The van der Waals surface area contributed by atoms with E-state index in [0.29, 0.717) is 13.1 Å². The van der Waals surface area contributed by atoms with Crippen LogP contribution in [0.1, 0.15) is 13.8 Å². The maximum Gasteiger partial charge on any atom is 0.243 e. The molecular weight excluding hydrogens is 231 g/mol. The Morgan fingerprint density at radius 3 is 2.25 bits per heavy atom. The van der Waals surface area contributed by atoms with Gasteiger partial charge in [-0.25, -0.2) is 12.8 Å². The summed E-state index contributed by atoms with van der Waals surface area (Å²) in [5.74, 6) is -0.647. The molecule has 90 valence electrons. The Labute approximate surface area is 94.9 Å². The number of anilines is 1. The van der Waals surface area contributed by atoms with E-state index in [2.05, 4.69) is 0 Å². The van der Waals surface area contributed by atoms with Crippen LogP contribution in [0.5, 0.6) is 0 Å². The average Bonchev–Trinajstić information content (AvgIpc) is 2.17. The molecule has 2 N–H and O–H groups in total. The lowest BCUT2D eigenvalue weighted by molar-refractivity contribution is 0.444. The van der Waals surface area contributed by atoms with Crippen LogP contribution < -0.4 is 5.73 Å². The molecule has 0 aromatic heterocycles. The van der Waals surface area contributed by atoms with Gasteiger partial charge in [-0.05, 0) is 18.2 Å². The fourth-order valence-electron chi connectivity index (χ4n) is 1.45. The number of halogens is 1. The van der Waals surface area contributed by atoms with E-state index in [1.165, 1.54) is 10.4 Å². The Morgan fingerprint density at radius 1 is 1.25 bits per heavy atom. The van der Waals surface area contributed by atoms with Crippen molar-refractivity contribution in [2.45, 2.75) is 18.7 Å². The molecule has 0 bridgehead atoms. The molecule has 1 aromatic rings. The van der Waals surface area contributed by atoms with Crippen LogP contribution in [-0.4, -0.2) is 25.8 Å². The van der Waals surface area contributed by atoms with E-state index in [0.717, 1.165) is 12.1 Å². The number of rotatable bonds is 4. The number of nitrogens with two attached hydrogens (primary N) is 1. The van der Waals surface area contributed by atoms with Gasteiger partial charge in [0.15, 0.2) is 0 Å². The second-order valence-corrected chi connectivity index (χ2v) is 5.25. The maximum absolute atomic E-state index is 13.1. The van der Waals surface area contributed by atoms with E-state index in [9.17, 15) is 12.8 Å². The van der Waals surface area contributed by atoms with E-state index in [1.807, 2.05) is 0 Å². The maximum atomic E-state index is 13.1. The molecule has 0 atom stereocenters. The highest BCUT2D eigenvalue weighted by molar-refractivity contribution is 7.89. The van der Waals surface area contributed by atoms with Gasteiger partial charge < -0.3 is 5.73 Å². The van der Waals surface area contributed by atoms with Crippen LogP contribution in [0.2, 0.25) is 0 Å². The highest BCUT2D eigenvalue weighted by atomic mass is 32.2. The van der Waals surface area contributed by atoms with E-state index in [4.69, 9.17) is 5.73 Å². The molecule has 0 aliphatic carbocycles. The van der Waals surface area contributed by atoms with Crippen molar-refractivity contribution in [2.24, 2.45) is 0 Å². The third kappa shape index (κ3) is 2.51. The summed E-state index contributed by atoms with van der Waals surface area (Å²) in [5.41, 5.74) is 5.52. The molecule has 0 unspecified atom stereocenters. The number of nitrogen functional groups attached to an aromatic ring is 1. The molecule has 0 saturated heterocycles. The van der Waals surface area contributed by atoms with Gasteiger partial charge in [0.05, 0.1) is 4.90 Å². The molecule has 0 fully saturated rings. The number of hydrogen-bond acceptors (Lipinski definition) is 3. The Hall–Kier alpha value is -1.14. The molecule has 4 nitrogen and oxygen atoms in total. The predicted octanol–water partition coefficient (Wildman–Crippen LogP) is 1.44. The van der Waals surface area contributed by atoms with Crippen molar-refractivity contribution < 1.29 is 12.8 Å². The fourth-order valence-corrected chi connectivity index (χ4v) is 2.97. The minimum absolute atomic E-state index is 0.103. The molecule has 0 amide bonds. The van der Waals surface area contributed by atoms with Gasteiger partial charge in [-0.1, -0.05) is 13.8 Å². The Kier molecular flexibility index (Phi) is 3.88. The first-order chi connectivity index (χ1) is 7.41. The van der Waals surface area contributed by atoms with Gasteiger partial charge in [0.25, 0.3) is 0 Å². The summed E-state index contributed by atoms with van der Waals surface area (Å²) in [7, 11) is -3.63. The van der Waals surface area contributed by atoms with Crippen LogP contribution in [0.25, 0.3) is 0 Å². The van der Waals surface area contributed by atoms with Crippen LogP contribution in [0.15, 0.2) is 23.1 Å². The van der Waals surface area contributed by atoms with Crippen LogP contribution in [0, 0.1) is 5.82 Å². The monoisotopic (exact) mass is 246 g/mol. The van der Waals surface area contributed by atoms with Crippen LogP contribution in [0.4, 0.5) is 10.1 Å². The summed E-state index contributed by atoms with van der Waals surface area (Å²) < 4.78 is 38.3. The van der Waals surface area contributed by atoms with E-state index >= 15 is 0 Å². The number of sulfonamides is 1. The standard InChI is InChI=1S/C10H15FN2O2S/c1-3-13(4-2)16(14,15)10-6-8(11)5-9(12)7-10/h5-7H,3-4,12H2,1-2H3. The quantitative estimate of drug-likeness (QED) is 0.818. The third-order valence-corrected chi connectivity index (χ3v) is 4.26. The van der Waals surface area contributed by atoms with Gasteiger partial charge in [-0.15, -0.1) is 0 Å². The molecular formula is C10H15FN2O2S. The number of benzene rings is 1. The summed E-state index contributed by atoms with van der Waals surface area (Å²) in [6.45, 7) is 4.14. The molecule has 0 spiro atoms. The molecule has 0 radical (unpaired) electrons. The van der Waals surface area contributed by atoms with Crippen molar-refractivity contribution in [1.82, 2.24) is 4.31 Å². The fraction of sp³-hybridized carbons (Fsp3) is 0.400. The highest BCUT2D eigenvalue weighted by Crippen LogP contribution is 2.19. The van der Waals surface area contributed by atoms with Gasteiger partial charge in [-0.3, -0.25) is 0 Å². The number of nitrogens with zero attached hydrogens (tertiary/aromatic N) is 1. The Morgan fingerprint density at radius 2 is 1.81 bits per heavy atom. The summed E-state index contributed by atoms with van der Waals surface area (Å²) in [6.07, 6.45) is 0. The second kappa shape index (κ2) is 4.80. The molecule has 1 rings (SSSR count). The molecule has 0 aliphatic rings. The minimum Gasteiger partial charge on any atom is -0.399 e. The third-order valence-electron chi connectivity index (χ3n) is 2.24. The lowest BCUT2D eigenvalue weighted by Gasteiger charge is -2.18. The van der Waals surface area contributed by atoms with Crippen molar-refractivity contribution in [3.8, 4) is 0 Å². The van der Waals surface area contributed by atoms with Crippen molar-refractivity contribution in [3.63, 3.8) is 0 Å². The summed E-state index contributed by atoms with van der Waals surface area (Å²) in [4.78, 5) is -0.103. The summed E-state index contributed by atoms with van der Waals surface area (Å²) >= 11 is 0. The normalized spacial score (nSPS) is 12.0. The predicted molar refractivity (Wildman–Crippen MR) is 60.9 cm³/mol. The average molecular weight is 246 g/mol. The zero-order chi connectivity index (χ0) is 12.3. The zero-order valence-electron chi connectivity index (χ0n) is 9.27. The number of hydrogen-bond donors (Lipinski definition) is 1. The first-order valence-electron chi connectivity index (χ1n) is 4.98. The molecule has 0 heterocycles. The van der Waals surface area contributed by atoms with Crippen LogP contribution >= 0.6 is 0 Å². The molecule has 0 saturated carbocycles. The molecule has 6 heteroatoms. The second-order valence-electron chi connectivity index (χ2n) is 3.31. The van der Waals surface area contributed by atoms with E-state index in [1.54, 1.807) is 13.8 Å². The molecule has 1 aromatic carbocycles. The van der Waals surface area contributed by atoms with Crippen molar-refractivity contribution in [2.75, 3.05) is 18.8 Å². The first kappa shape index (κ1) is 12.9. The van der Waals surface area contributed by atoms with Gasteiger partial charge in [0, 0.05) is 18.8 Å². The topological polar surface area (TPSA) is 63.4 Å². The molecule has 0 aliphatic heterocycles. The Bertz CT molecular complexity index is 449. The smallest absolute Gasteiger partial charge is 0.243 e. The van der Waals surface area contributed by atoms with Crippen molar-refractivity contribution >= 4 is 15.7 Å². The van der Waals surface area contributed by atoms with E-state index in [-0.39, 0.29) is 10.6 Å².